The Kier molecular flexibility index (Phi) is 9.51. The SMILES string of the molecule is CCCCCCCCCCCCn1cc[n+](Cc2cccc(F)c2F)c1C. The van der Waals surface area contributed by atoms with Crippen LogP contribution in [0.3, 0.4) is 0 Å². The highest BCUT2D eigenvalue weighted by Gasteiger charge is 2.15. The van der Waals surface area contributed by atoms with Crippen LogP contribution < -0.4 is 4.57 Å². The number of hydrogen-bond donors (Lipinski definition) is 0. The molecule has 1 aromatic heterocycles. The maximum Gasteiger partial charge on any atom is 0.253 e. The average Bonchev–Trinajstić information content (AvgIpc) is 3.00. The number of imidazole rings is 1. The minimum absolute atomic E-state index is 0.362. The summed E-state index contributed by atoms with van der Waals surface area (Å²) in [6, 6.07) is 4.36. The summed E-state index contributed by atoms with van der Waals surface area (Å²) in [6.45, 7) is 5.64. The second-order valence-corrected chi connectivity index (χ2v) is 7.56. The zero-order chi connectivity index (χ0) is 19.5. The summed E-state index contributed by atoms with van der Waals surface area (Å²) < 4.78 is 31.4. The topological polar surface area (TPSA) is 8.81 Å². The van der Waals surface area contributed by atoms with Crippen molar-refractivity contribution in [2.45, 2.75) is 91.1 Å². The van der Waals surface area contributed by atoms with E-state index >= 15 is 0 Å². The molecule has 4 heteroatoms. The van der Waals surface area contributed by atoms with Crippen LogP contribution in [0.2, 0.25) is 0 Å². The molecule has 0 aliphatic carbocycles. The minimum Gasteiger partial charge on any atom is -0.234 e. The fourth-order valence-electron chi connectivity index (χ4n) is 3.57. The lowest BCUT2D eigenvalue weighted by Crippen LogP contribution is -2.36. The Morgan fingerprint density at radius 3 is 2.19 bits per heavy atom. The molecule has 2 aromatic rings. The molecule has 0 saturated heterocycles. The lowest BCUT2D eigenvalue weighted by atomic mass is 10.1. The van der Waals surface area contributed by atoms with Crippen molar-refractivity contribution in [3.05, 3.63) is 53.6 Å². The molecule has 2 rings (SSSR count). The number of aryl methyl sites for hydroxylation is 1. The number of aromatic nitrogens is 2. The van der Waals surface area contributed by atoms with Gasteiger partial charge in [0.05, 0.1) is 6.54 Å². The van der Waals surface area contributed by atoms with Gasteiger partial charge in [-0.05, 0) is 18.9 Å². The average molecular weight is 378 g/mol. The Morgan fingerprint density at radius 2 is 1.52 bits per heavy atom. The van der Waals surface area contributed by atoms with E-state index in [1.165, 1.54) is 64.2 Å². The molecule has 0 atom stereocenters. The summed E-state index contributed by atoms with van der Waals surface area (Å²) >= 11 is 0. The normalized spacial score (nSPS) is 11.3. The van der Waals surface area contributed by atoms with Gasteiger partial charge in [0.1, 0.15) is 18.9 Å². The molecule has 0 aliphatic rings. The molecule has 0 unspecified atom stereocenters. The highest BCUT2D eigenvalue weighted by atomic mass is 19.2. The summed E-state index contributed by atoms with van der Waals surface area (Å²) in [7, 11) is 0. The summed E-state index contributed by atoms with van der Waals surface area (Å²) in [5, 5.41) is 0. The third-order valence-corrected chi connectivity index (χ3v) is 5.38. The van der Waals surface area contributed by atoms with Crippen molar-refractivity contribution < 1.29 is 13.3 Å². The molecule has 0 spiro atoms. The lowest BCUT2D eigenvalue weighted by Gasteiger charge is -2.04. The Morgan fingerprint density at radius 1 is 0.889 bits per heavy atom. The van der Waals surface area contributed by atoms with E-state index in [0.717, 1.165) is 18.4 Å². The van der Waals surface area contributed by atoms with Crippen molar-refractivity contribution in [2.24, 2.45) is 0 Å². The number of rotatable bonds is 13. The molecule has 1 heterocycles. The van der Waals surface area contributed by atoms with Crippen LogP contribution in [-0.4, -0.2) is 4.57 Å². The van der Waals surface area contributed by atoms with Crippen LogP contribution in [0.1, 0.15) is 82.5 Å². The number of benzene rings is 1. The first kappa shape index (κ1) is 21.6. The number of unbranched alkanes of at least 4 members (excludes halogenated alkanes) is 9. The van der Waals surface area contributed by atoms with Crippen LogP contribution in [-0.2, 0) is 13.1 Å². The molecular formula is C23H35F2N2+. The van der Waals surface area contributed by atoms with E-state index in [2.05, 4.69) is 11.5 Å². The van der Waals surface area contributed by atoms with Gasteiger partial charge in [-0.1, -0.05) is 70.4 Å². The third kappa shape index (κ3) is 7.08. The molecule has 1 aromatic carbocycles. The zero-order valence-electron chi connectivity index (χ0n) is 17.0. The molecule has 0 amide bonds. The fraction of sp³-hybridized carbons (Fsp3) is 0.609. The van der Waals surface area contributed by atoms with E-state index in [-0.39, 0.29) is 0 Å². The summed E-state index contributed by atoms with van der Waals surface area (Å²) in [4.78, 5) is 0. The largest absolute Gasteiger partial charge is 0.253 e. The molecule has 0 N–H and O–H groups in total. The molecule has 2 nitrogen and oxygen atoms in total. The molecule has 150 valence electrons. The molecule has 0 saturated carbocycles. The van der Waals surface area contributed by atoms with Gasteiger partial charge in [-0.25, -0.2) is 17.9 Å². The minimum atomic E-state index is -0.782. The highest BCUT2D eigenvalue weighted by Crippen LogP contribution is 2.13. The Bertz CT molecular complexity index is 679. The predicted octanol–water partition coefficient (Wildman–Crippen LogP) is 6.33. The molecule has 0 fully saturated rings. The quantitative estimate of drug-likeness (QED) is 0.285. The second-order valence-electron chi connectivity index (χ2n) is 7.56. The third-order valence-electron chi connectivity index (χ3n) is 5.38. The maximum atomic E-state index is 13.9. The highest BCUT2D eigenvalue weighted by molar-refractivity contribution is 5.17. The summed E-state index contributed by atoms with van der Waals surface area (Å²) in [5.74, 6) is -0.447. The predicted molar refractivity (Wildman–Crippen MR) is 107 cm³/mol. The smallest absolute Gasteiger partial charge is 0.234 e. The number of nitrogens with zero attached hydrogens (tertiary/aromatic N) is 2. The Hall–Kier alpha value is -1.71. The molecular weight excluding hydrogens is 342 g/mol. The molecule has 0 radical (unpaired) electrons. The Labute approximate surface area is 163 Å². The first-order chi connectivity index (χ1) is 13.1. The van der Waals surface area contributed by atoms with Crippen molar-refractivity contribution in [3.8, 4) is 0 Å². The standard InChI is InChI=1S/C23H35F2N2/c1-3-4-5-6-7-8-9-10-11-12-16-26-17-18-27(20(26)2)19-21-14-13-15-22(24)23(21)25/h13-15,17-18H,3-12,16,19H2,1-2H3/q+1. The fourth-order valence-corrected chi connectivity index (χ4v) is 3.57. The van der Waals surface area contributed by atoms with E-state index in [9.17, 15) is 8.78 Å². The van der Waals surface area contributed by atoms with Gasteiger partial charge in [0.15, 0.2) is 11.6 Å². The molecule has 27 heavy (non-hydrogen) atoms. The van der Waals surface area contributed by atoms with Crippen LogP contribution in [0.25, 0.3) is 0 Å². The van der Waals surface area contributed by atoms with Crippen molar-refractivity contribution in [1.82, 2.24) is 4.57 Å². The van der Waals surface area contributed by atoms with Crippen LogP contribution in [0.5, 0.6) is 0 Å². The lowest BCUT2D eigenvalue weighted by molar-refractivity contribution is -0.694. The molecule has 0 aliphatic heterocycles. The van der Waals surface area contributed by atoms with Crippen molar-refractivity contribution in [1.29, 1.82) is 0 Å². The van der Waals surface area contributed by atoms with Crippen molar-refractivity contribution in [2.75, 3.05) is 0 Å². The van der Waals surface area contributed by atoms with E-state index in [4.69, 9.17) is 0 Å². The first-order valence-corrected chi connectivity index (χ1v) is 10.6. The number of halogens is 2. The van der Waals surface area contributed by atoms with Gasteiger partial charge < -0.3 is 0 Å². The van der Waals surface area contributed by atoms with E-state index in [1.807, 2.05) is 23.9 Å². The van der Waals surface area contributed by atoms with E-state index in [0.29, 0.717) is 12.1 Å². The zero-order valence-corrected chi connectivity index (χ0v) is 17.0. The van der Waals surface area contributed by atoms with Crippen molar-refractivity contribution >= 4 is 0 Å². The summed E-state index contributed by atoms with van der Waals surface area (Å²) in [5.41, 5.74) is 0.389. The maximum absolute atomic E-state index is 13.9. The van der Waals surface area contributed by atoms with Gasteiger partial charge in [0.2, 0.25) is 0 Å². The van der Waals surface area contributed by atoms with Crippen LogP contribution in [0, 0.1) is 18.6 Å². The van der Waals surface area contributed by atoms with Gasteiger partial charge in [0, 0.05) is 12.5 Å². The van der Waals surface area contributed by atoms with Gasteiger partial charge in [-0.2, -0.15) is 0 Å². The van der Waals surface area contributed by atoms with Crippen LogP contribution in [0.15, 0.2) is 30.6 Å². The van der Waals surface area contributed by atoms with Crippen molar-refractivity contribution in [3.63, 3.8) is 0 Å². The monoisotopic (exact) mass is 377 g/mol. The van der Waals surface area contributed by atoms with Crippen LogP contribution in [0.4, 0.5) is 8.78 Å². The number of hydrogen-bond acceptors (Lipinski definition) is 0. The second kappa shape index (κ2) is 11.9. The first-order valence-electron chi connectivity index (χ1n) is 10.6. The van der Waals surface area contributed by atoms with Gasteiger partial charge >= 0.3 is 0 Å². The van der Waals surface area contributed by atoms with Crippen LogP contribution >= 0.6 is 0 Å². The van der Waals surface area contributed by atoms with E-state index in [1.54, 1.807) is 12.1 Å². The summed E-state index contributed by atoms with van der Waals surface area (Å²) in [6.07, 6.45) is 17.3. The van der Waals surface area contributed by atoms with E-state index < -0.39 is 11.6 Å². The Balaban J connectivity index is 1.67. The molecule has 0 bridgehead atoms. The van der Waals surface area contributed by atoms with Gasteiger partial charge in [-0.15, -0.1) is 0 Å². The van der Waals surface area contributed by atoms with Gasteiger partial charge in [-0.3, -0.25) is 0 Å². The van der Waals surface area contributed by atoms with Gasteiger partial charge in [0.25, 0.3) is 5.82 Å².